The van der Waals surface area contributed by atoms with Crippen LogP contribution in [0.25, 0.3) is 10.8 Å². The quantitative estimate of drug-likeness (QED) is 0.162. The van der Waals surface area contributed by atoms with Gasteiger partial charge in [0.15, 0.2) is 11.5 Å². The number of benzene rings is 3. The van der Waals surface area contributed by atoms with Crippen molar-refractivity contribution in [3.8, 4) is 11.5 Å². The minimum Gasteiger partial charge on any atom is -0.490 e. The number of aromatic nitrogens is 1. The maximum atomic E-state index is 13.7. The molecule has 1 heterocycles. The number of amides is 2. The van der Waals surface area contributed by atoms with Gasteiger partial charge in [0.1, 0.15) is 11.9 Å². The first kappa shape index (κ1) is 29.0. The molecular weight excluding hydrogens is 520 g/mol. The molecule has 10 heteroatoms. The number of pyridine rings is 1. The third-order valence-electron chi connectivity index (χ3n) is 6.13. The summed E-state index contributed by atoms with van der Waals surface area (Å²) in [4.78, 5) is 29.4. The average molecular weight is 557 g/mol. The molecule has 0 saturated carbocycles. The minimum atomic E-state index is -0.783. The van der Waals surface area contributed by atoms with Crippen LogP contribution in [0, 0.1) is 0 Å². The summed E-state index contributed by atoms with van der Waals surface area (Å²) in [5.41, 5.74) is 15.2. The van der Waals surface area contributed by atoms with Gasteiger partial charge in [-0.25, -0.2) is 4.98 Å². The summed E-state index contributed by atoms with van der Waals surface area (Å²) < 4.78 is 11.8. The molecule has 0 aliphatic carbocycles. The molecular formula is C31H36N6O4. The first-order chi connectivity index (χ1) is 19.6. The number of nitrogens with two attached hydrogens (primary N) is 2. The molecule has 7 N–H and O–H groups in total. The Morgan fingerprint density at radius 1 is 0.951 bits per heavy atom. The van der Waals surface area contributed by atoms with Crippen molar-refractivity contribution >= 4 is 45.5 Å². The van der Waals surface area contributed by atoms with Crippen LogP contribution >= 0.6 is 0 Å². The number of fused-ring (bicyclic) bond motifs is 1. The lowest BCUT2D eigenvalue weighted by Gasteiger charge is -2.22. The van der Waals surface area contributed by atoms with Crippen LogP contribution in [0.3, 0.4) is 0 Å². The van der Waals surface area contributed by atoms with Gasteiger partial charge in [-0.15, -0.1) is 0 Å². The second kappa shape index (κ2) is 12.9. The SMILES string of the molecule is CCOc1cc([C@@H](Nc2ccc3c(N)nccc3c2)C(=O)NCc2cc(N)cc(NC(C)=O)c2)ccc1OC(C)C. The van der Waals surface area contributed by atoms with E-state index in [9.17, 15) is 9.59 Å². The van der Waals surface area contributed by atoms with Crippen molar-refractivity contribution in [3.63, 3.8) is 0 Å². The lowest BCUT2D eigenvalue weighted by atomic mass is 10.0. The van der Waals surface area contributed by atoms with Crippen LogP contribution in [0.4, 0.5) is 22.9 Å². The number of nitrogens with one attached hydrogen (secondary N) is 3. The maximum absolute atomic E-state index is 13.7. The number of rotatable bonds is 11. The molecule has 0 aliphatic rings. The van der Waals surface area contributed by atoms with Gasteiger partial charge >= 0.3 is 0 Å². The van der Waals surface area contributed by atoms with E-state index in [0.29, 0.717) is 40.9 Å². The zero-order chi connectivity index (χ0) is 29.5. The molecule has 10 nitrogen and oxygen atoms in total. The zero-order valence-electron chi connectivity index (χ0n) is 23.7. The van der Waals surface area contributed by atoms with E-state index >= 15 is 0 Å². The molecule has 0 unspecified atom stereocenters. The Hall–Kier alpha value is -4.99. The number of anilines is 4. The Morgan fingerprint density at radius 2 is 1.76 bits per heavy atom. The van der Waals surface area contributed by atoms with E-state index in [1.54, 1.807) is 24.4 Å². The Kier molecular flexibility index (Phi) is 9.13. The van der Waals surface area contributed by atoms with Crippen LogP contribution in [0.2, 0.25) is 0 Å². The second-order valence-electron chi connectivity index (χ2n) is 9.88. The molecule has 0 aliphatic heterocycles. The fourth-order valence-electron chi connectivity index (χ4n) is 4.47. The number of hydrogen-bond donors (Lipinski definition) is 5. The molecule has 2 amide bonds. The lowest BCUT2D eigenvalue weighted by molar-refractivity contribution is -0.122. The highest BCUT2D eigenvalue weighted by Crippen LogP contribution is 2.33. The molecule has 1 atom stereocenters. The summed E-state index contributed by atoms with van der Waals surface area (Å²) >= 11 is 0. The molecule has 0 radical (unpaired) electrons. The van der Waals surface area contributed by atoms with Crippen molar-refractivity contribution in [2.24, 2.45) is 0 Å². The Balaban J connectivity index is 1.66. The fraction of sp³-hybridized carbons (Fsp3) is 0.258. The van der Waals surface area contributed by atoms with Crippen molar-refractivity contribution in [3.05, 3.63) is 78.0 Å². The molecule has 1 aromatic heterocycles. The van der Waals surface area contributed by atoms with Crippen LogP contribution < -0.4 is 36.9 Å². The van der Waals surface area contributed by atoms with Gasteiger partial charge in [-0.3, -0.25) is 9.59 Å². The van der Waals surface area contributed by atoms with E-state index in [1.165, 1.54) is 6.92 Å². The fourth-order valence-corrected chi connectivity index (χ4v) is 4.47. The van der Waals surface area contributed by atoms with Crippen LogP contribution in [-0.4, -0.2) is 29.5 Å². The third-order valence-corrected chi connectivity index (χ3v) is 6.13. The normalized spacial score (nSPS) is 11.6. The minimum absolute atomic E-state index is 0.0440. The summed E-state index contributed by atoms with van der Waals surface area (Å²) in [6.45, 7) is 7.83. The predicted octanol–water partition coefficient (Wildman–Crippen LogP) is 5.01. The van der Waals surface area contributed by atoms with Crippen molar-refractivity contribution in [1.29, 1.82) is 0 Å². The van der Waals surface area contributed by atoms with E-state index in [1.807, 2.05) is 63.2 Å². The number of hydrogen-bond acceptors (Lipinski definition) is 8. The summed E-state index contributed by atoms with van der Waals surface area (Å²) in [6, 6.07) is 17.4. The van der Waals surface area contributed by atoms with Crippen LogP contribution in [0.15, 0.2) is 66.9 Å². The third kappa shape index (κ3) is 7.57. The van der Waals surface area contributed by atoms with Crippen LogP contribution in [0.1, 0.15) is 44.9 Å². The molecule has 0 fully saturated rings. The largest absolute Gasteiger partial charge is 0.490 e. The summed E-state index contributed by atoms with van der Waals surface area (Å²) in [7, 11) is 0. The first-order valence-corrected chi connectivity index (χ1v) is 13.4. The predicted molar refractivity (Wildman–Crippen MR) is 163 cm³/mol. The van der Waals surface area contributed by atoms with E-state index in [-0.39, 0.29) is 24.5 Å². The molecule has 0 spiro atoms. The van der Waals surface area contributed by atoms with E-state index in [2.05, 4.69) is 20.9 Å². The van der Waals surface area contributed by atoms with Gasteiger partial charge in [0.25, 0.3) is 0 Å². The average Bonchev–Trinajstić information content (AvgIpc) is 2.91. The molecule has 4 aromatic rings. The highest BCUT2D eigenvalue weighted by atomic mass is 16.5. The smallest absolute Gasteiger partial charge is 0.247 e. The molecule has 3 aromatic carbocycles. The lowest BCUT2D eigenvalue weighted by Crippen LogP contribution is -2.33. The van der Waals surface area contributed by atoms with E-state index in [0.717, 1.165) is 22.0 Å². The summed E-state index contributed by atoms with van der Waals surface area (Å²) in [5.74, 6) is 1.10. The molecule has 214 valence electrons. The number of carbonyl (C=O) groups is 2. The molecule has 4 rings (SSSR count). The van der Waals surface area contributed by atoms with Crippen molar-refractivity contribution in [2.45, 2.75) is 46.4 Å². The zero-order valence-corrected chi connectivity index (χ0v) is 23.7. The van der Waals surface area contributed by atoms with Crippen molar-refractivity contribution in [2.75, 3.05) is 28.7 Å². The number of nitrogens with zero attached hydrogens (tertiary/aromatic N) is 1. The second-order valence-corrected chi connectivity index (χ2v) is 9.88. The van der Waals surface area contributed by atoms with Gasteiger partial charge in [0.2, 0.25) is 11.8 Å². The highest BCUT2D eigenvalue weighted by molar-refractivity contribution is 5.94. The number of nitrogen functional groups attached to an aromatic ring is 2. The van der Waals surface area contributed by atoms with Crippen molar-refractivity contribution < 1.29 is 19.1 Å². The standard InChI is InChI=1S/C31H36N6O4/c1-5-40-28-15-22(6-9-27(28)41-18(2)3)29(37-24-7-8-26-21(14-24)10-11-34-30(26)33)31(39)35-17-20-12-23(32)16-25(13-20)36-19(4)38/h6-16,18,29,37H,5,17,32H2,1-4H3,(H2,33,34)(H,35,39)(H,36,38)/t29-/m1/s1. The Labute approximate surface area is 239 Å². The molecule has 41 heavy (non-hydrogen) atoms. The number of ether oxygens (including phenoxy) is 2. The van der Waals surface area contributed by atoms with Gasteiger partial charge in [-0.2, -0.15) is 0 Å². The first-order valence-electron chi connectivity index (χ1n) is 13.4. The van der Waals surface area contributed by atoms with Gasteiger partial charge in [0, 0.05) is 42.1 Å². The molecule has 0 saturated heterocycles. The van der Waals surface area contributed by atoms with E-state index in [4.69, 9.17) is 20.9 Å². The van der Waals surface area contributed by atoms with Crippen molar-refractivity contribution in [1.82, 2.24) is 10.3 Å². The van der Waals surface area contributed by atoms with Crippen LogP contribution in [-0.2, 0) is 16.1 Å². The van der Waals surface area contributed by atoms with E-state index < -0.39 is 6.04 Å². The highest BCUT2D eigenvalue weighted by Gasteiger charge is 2.23. The monoisotopic (exact) mass is 556 g/mol. The van der Waals surface area contributed by atoms with Crippen LogP contribution in [0.5, 0.6) is 11.5 Å². The van der Waals surface area contributed by atoms with Gasteiger partial charge < -0.3 is 36.9 Å². The summed E-state index contributed by atoms with van der Waals surface area (Å²) in [5, 5.41) is 10.8. The maximum Gasteiger partial charge on any atom is 0.247 e. The van der Waals surface area contributed by atoms with Gasteiger partial charge in [-0.05, 0) is 91.9 Å². The molecule has 0 bridgehead atoms. The topological polar surface area (TPSA) is 154 Å². The Bertz CT molecular complexity index is 1560. The number of carbonyl (C=O) groups excluding carboxylic acids is 2. The Morgan fingerprint density at radius 3 is 2.49 bits per heavy atom. The van der Waals surface area contributed by atoms with Gasteiger partial charge in [0.05, 0.1) is 12.7 Å². The van der Waals surface area contributed by atoms with Gasteiger partial charge in [-0.1, -0.05) is 6.07 Å². The summed E-state index contributed by atoms with van der Waals surface area (Å²) in [6.07, 6.45) is 1.60.